The van der Waals surface area contributed by atoms with E-state index in [1.807, 2.05) is 0 Å². The van der Waals surface area contributed by atoms with Crippen molar-refractivity contribution >= 4 is 51.7 Å². The third-order valence-corrected chi connectivity index (χ3v) is 8.36. The molecule has 37 heavy (non-hydrogen) atoms. The predicted octanol–water partition coefficient (Wildman–Crippen LogP) is 2.45. The number of hydrogen-bond acceptors (Lipinski definition) is 7. The number of H-pyrrole nitrogens is 1. The highest BCUT2D eigenvalue weighted by Gasteiger charge is 2.37. The quantitative estimate of drug-likeness (QED) is 0.454. The average molecular weight is 544 g/mol. The Bertz CT molecular complexity index is 1350. The van der Waals surface area contributed by atoms with Gasteiger partial charge in [-0.1, -0.05) is 11.6 Å². The van der Waals surface area contributed by atoms with Crippen LogP contribution in [0.1, 0.15) is 50.3 Å². The van der Waals surface area contributed by atoms with Crippen LogP contribution in [0.15, 0.2) is 18.2 Å². The third kappa shape index (κ3) is 5.48. The number of rotatable bonds is 5. The van der Waals surface area contributed by atoms with Crippen molar-refractivity contribution in [2.24, 2.45) is 5.92 Å². The largest absolute Gasteiger partial charge is 0.349 e. The van der Waals surface area contributed by atoms with Gasteiger partial charge in [0.05, 0.1) is 22.8 Å². The van der Waals surface area contributed by atoms with Crippen LogP contribution in [-0.4, -0.2) is 82.2 Å². The van der Waals surface area contributed by atoms with Crippen molar-refractivity contribution in [3.05, 3.63) is 44.6 Å². The van der Waals surface area contributed by atoms with Gasteiger partial charge in [0.25, 0.3) is 11.8 Å². The Morgan fingerprint density at radius 2 is 1.92 bits per heavy atom. The van der Waals surface area contributed by atoms with Gasteiger partial charge in [0, 0.05) is 55.5 Å². The average Bonchev–Trinajstić information content (AvgIpc) is 3.48. The van der Waals surface area contributed by atoms with Gasteiger partial charge < -0.3 is 25.4 Å². The molecule has 1 saturated carbocycles. The third-order valence-electron chi connectivity index (χ3n) is 7.05. The molecule has 3 heterocycles. The van der Waals surface area contributed by atoms with Gasteiger partial charge in [-0.05, 0) is 44.5 Å². The van der Waals surface area contributed by atoms with E-state index >= 15 is 0 Å². The number of fused-ring (bicyclic) bond motifs is 2. The topological polar surface area (TPSA) is 123 Å². The van der Waals surface area contributed by atoms with Gasteiger partial charge in [0.2, 0.25) is 5.91 Å². The van der Waals surface area contributed by atoms with Gasteiger partial charge in [-0.25, -0.2) is 9.97 Å². The molecule has 3 amide bonds. The molecule has 0 bridgehead atoms. The molecule has 1 aromatic carbocycles. The lowest BCUT2D eigenvalue weighted by Gasteiger charge is -2.37. The van der Waals surface area contributed by atoms with Gasteiger partial charge in [-0.15, -0.1) is 11.3 Å². The molecule has 12 heteroatoms. The second kappa shape index (κ2) is 10.4. The first-order chi connectivity index (χ1) is 17.7. The van der Waals surface area contributed by atoms with E-state index in [0.29, 0.717) is 40.3 Å². The van der Waals surface area contributed by atoms with Crippen LogP contribution in [0.25, 0.3) is 11.0 Å². The van der Waals surface area contributed by atoms with Gasteiger partial charge in [0.15, 0.2) is 10.8 Å². The summed E-state index contributed by atoms with van der Waals surface area (Å²) < 4.78 is 0. The second-order valence-corrected chi connectivity index (χ2v) is 11.5. The molecule has 0 saturated heterocycles. The van der Waals surface area contributed by atoms with Crippen LogP contribution in [0.2, 0.25) is 5.02 Å². The highest BCUT2D eigenvalue weighted by molar-refractivity contribution is 7.13. The number of imidazole rings is 1. The number of halogens is 1. The summed E-state index contributed by atoms with van der Waals surface area (Å²) in [7, 11) is 5.51. The van der Waals surface area contributed by atoms with Crippen LogP contribution >= 0.6 is 22.9 Å². The Hall–Kier alpha value is -3.02. The lowest BCUT2D eigenvalue weighted by Crippen LogP contribution is -2.56. The smallest absolute Gasteiger partial charge is 0.287 e. The number of thiazole rings is 1. The van der Waals surface area contributed by atoms with Crippen molar-refractivity contribution < 1.29 is 14.4 Å². The maximum atomic E-state index is 13.3. The highest BCUT2D eigenvalue weighted by Crippen LogP contribution is 2.28. The summed E-state index contributed by atoms with van der Waals surface area (Å²) in [5.41, 5.74) is 2.28. The van der Waals surface area contributed by atoms with E-state index in [0.717, 1.165) is 30.1 Å². The maximum absolute atomic E-state index is 13.3. The Labute approximate surface area is 223 Å². The Kier molecular flexibility index (Phi) is 7.19. The molecule has 3 atom stereocenters. The summed E-state index contributed by atoms with van der Waals surface area (Å²) >= 11 is 7.47. The molecule has 0 radical (unpaired) electrons. The molecule has 3 unspecified atom stereocenters. The molecule has 1 aliphatic heterocycles. The lowest BCUT2D eigenvalue weighted by atomic mass is 9.81. The van der Waals surface area contributed by atoms with Gasteiger partial charge in [-0.3, -0.25) is 14.4 Å². The number of nitrogens with one attached hydrogen (secondary N) is 3. The number of likely N-dealkylation sites (N-methyl/N-ethyl adjacent to an activating group) is 1. The fourth-order valence-electron chi connectivity index (χ4n) is 5.07. The van der Waals surface area contributed by atoms with Crippen molar-refractivity contribution in [3.8, 4) is 0 Å². The zero-order valence-corrected chi connectivity index (χ0v) is 22.6. The van der Waals surface area contributed by atoms with E-state index < -0.39 is 6.04 Å². The summed E-state index contributed by atoms with van der Waals surface area (Å²) in [5.74, 6) is -0.694. The number of nitrogens with zero attached hydrogens (tertiary/aromatic N) is 4. The van der Waals surface area contributed by atoms with E-state index in [1.165, 1.54) is 11.3 Å². The second-order valence-electron chi connectivity index (χ2n) is 10.0. The van der Waals surface area contributed by atoms with Crippen LogP contribution in [0, 0.1) is 5.92 Å². The van der Waals surface area contributed by atoms with Crippen molar-refractivity contribution in [1.82, 2.24) is 35.4 Å². The van der Waals surface area contributed by atoms with Crippen LogP contribution < -0.4 is 10.6 Å². The number of benzene rings is 1. The van der Waals surface area contributed by atoms with Crippen molar-refractivity contribution in [3.63, 3.8) is 0 Å². The normalized spacial score (nSPS) is 21.9. The molecule has 1 fully saturated rings. The first-order valence-electron chi connectivity index (χ1n) is 12.3. The standard InChI is InChI=1S/C25H30ClN7O3S/c1-32(2)25(36)13-4-6-16(29-22(34)21-27-15-7-5-14(26)11-19(15)28-21)18(10-13)30-23(35)24-31-17-8-9-33(3)12-20(17)37-24/h5,7,11,13,16,18H,4,6,8-10,12H2,1-3H3,(H,27,28)(H,29,34)(H,30,35). The molecule has 5 rings (SSSR count). The minimum Gasteiger partial charge on any atom is -0.349 e. The zero-order chi connectivity index (χ0) is 26.3. The number of amides is 3. The van der Waals surface area contributed by atoms with Crippen molar-refractivity contribution in [2.45, 2.75) is 44.3 Å². The highest BCUT2D eigenvalue weighted by atomic mass is 35.5. The van der Waals surface area contributed by atoms with E-state index in [-0.39, 0.29) is 35.5 Å². The molecular weight excluding hydrogens is 514 g/mol. The molecule has 2 aromatic heterocycles. The van der Waals surface area contributed by atoms with Crippen molar-refractivity contribution in [2.75, 3.05) is 27.7 Å². The summed E-state index contributed by atoms with van der Waals surface area (Å²) in [6.45, 7) is 1.70. The van der Waals surface area contributed by atoms with Crippen LogP contribution in [-0.2, 0) is 17.8 Å². The van der Waals surface area contributed by atoms with E-state index in [2.05, 4.69) is 37.5 Å². The number of aromatic amines is 1. The summed E-state index contributed by atoms with van der Waals surface area (Å²) in [6.07, 6.45) is 2.41. The monoisotopic (exact) mass is 543 g/mol. The van der Waals surface area contributed by atoms with Crippen molar-refractivity contribution in [1.29, 1.82) is 0 Å². The predicted molar refractivity (Wildman–Crippen MR) is 142 cm³/mol. The summed E-state index contributed by atoms with van der Waals surface area (Å²) in [5, 5.41) is 7.08. The minimum absolute atomic E-state index is 0.0194. The first-order valence-corrected chi connectivity index (χ1v) is 13.5. The van der Waals surface area contributed by atoms with Crippen LogP contribution in [0.3, 0.4) is 0 Å². The Morgan fingerprint density at radius 1 is 1.14 bits per heavy atom. The molecule has 3 aromatic rings. The van der Waals surface area contributed by atoms with Crippen LogP contribution in [0.4, 0.5) is 0 Å². The fraction of sp³-hybridized carbons (Fsp3) is 0.480. The molecule has 2 aliphatic rings. The number of carbonyl (C=O) groups is 3. The molecule has 196 valence electrons. The molecule has 3 N–H and O–H groups in total. The minimum atomic E-state index is -0.429. The SMILES string of the molecule is CN1CCc2nc(C(=O)NC3CC(C(=O)N(C)C)CCC3NC(=O)c3nc4ccc(Cl)cc4[nH]3)sc2C1. The Morgan fingerprint density at radius 3 is 2.70 bits per heavy atom. The van der Waals surface area contributed by atoms with Gasteiger partial charge in [0.1, 0.15) is 0 Å². The van der Waals surface area contributed by atoms with E-state index in [4.69, 9.17) is 11.6 Å². The molecular formula is C25H30ClN7O3S. The van der Waals surface area contributed by atoms with Gasteiger partial charge in [-0.2, -0.15) is 0 Å². The first kappa shape index (κ1) is 25.6. The van der Waals surface area contributed by atoms with Crippen LogP contribution in [0.5, 0.6) is 0 Å². The number of hydrogen-bond donors (Lipinski definition) is 3. The molecule has 0 spiro atoms. The van der Waals surface area contributed by atoms with E-state index in [1.54, 1.807) is 37.2 Å². The zero-order valence-electron chi connectivity index (χ0n) is 21.0. The number of aromatic nitrogens is 3. The maximum Gasteiger partial charge on any atom is 0.287 e. The fourth-order valence-corrected chi connectivity index (χ4v) is 6.33. The molecule has 1 aliphatic carbocycles. The number of carbonyl (C=O) groups excluding carboxylic acids is 3. The summed E-state index contributed by atoms with van der Waals surface area (Å²) in [4.78, 5) is 56.0. The Balaban J connectivity index is 1.34. The summed E-state index contributed by atoms with van der Waals surface area (Å²) in [6, 6.07) is 4.39. The van der Waals surface area contributed by atoms with E-state index in [9.17, 15) is 14.4 Å². The van der Waals surface area contributed by atoms with Gasteiger partial charge >= 0.3 is 0 Å². The molecule has 10 nitrogen and oxygen atoms in total. The lowest BCUT2D eigenvalue weighted by molar-refractivity contribution is -0.134.